The van der Waals surface area contributed by atoms with Crippen LogP contribution in [-0.2, 0) is 4.79 Å². The maximum Gasteiger partial charge on any atom is 0.257 e. The molecular formula is C26H29N5O2. The van der Waals surface area contributed by atoms with Crippen molar-refractivity contribution in [1.82, 2.24) is 24.9 Å². The number of piperazine rings is 1. The van der Waals surface area contributed by atoms with Crippen molar-refractivity contribution >= 4 is 11.8 Å². The first kappa shape index (κ1) is 21.4. The highest BCUT2D eigenvalue weighted by Crippen LogP contribution is 2.25. The van der Waals surface area contributed by atoms with E-state index >= 15 is 0 Å². The zero-order valence-electron chi connectivity index (χ0n) is 18.9. The molecule has 1 saturated heterocycles. The van der Waals surface area contributed by atoms with Crippen LogP contribution in [0.3, 0.4) is 0 Å². The Bertz CT molecular complexity index is 1130. The molecular weight excluding hydrogens is 414 g/mol. The molecule has 0 radical (unpaired) electrons. The van der Waals surface area contributed by atoms with Gasteiger partial charge in [-0.25, -0.2) is 4.68 Å². The Labute approximate surface area is 194 Å². The topological polar surface area (TPSA) is 70.5 Å². The number of amides is 2. The second-order valence-corrected chi connectivity index (χ2v) is 8.95. The van der Waals surface area contributed by atoms with Gasteiger partial charge >= 0.3 is 0 Å². The number of hydrogen-bond acceptors (Lipinski definition) is 4. The largest absolute Gasteiger partial charge is 0.352 e. The average Bonchev–Trinajstić information content (AvgIpc) is 3.53. The number of carbonyl (C=O) groups is 2. The third-order valence-corrected chi connectivity index (χ3v) is 6.26. The Hall–Kier alpha value is -3.45. The van der Waals surface area contributed by atoms with Gasteiger partial charge in [-0.2, -0.15) is 5.10 Å². The van der Waals surface area contributed by atoms with Crippen LogP contribution >= 0.6 is 0 Å². The molecule has 0 spiro atoms. The van der Waals surface area contributed by atoms with E-state index in [1.165, 1.54) is 5.56 Å². The predicted molar refractivity (Wildman–Crippen MR) is 127 cm³/mol. The summed E-state index contributed by atoms with van der Waals surface area (Å²) < 4.78 is 1.79. The number of aromatic nitrogens is 2. The average molecular weight is 444 g/mol. The van der Waals surface area contributed by atoms with Gasteiger partial charge in [-0.3, -0.25) is 14.5 Å². The van der Waals surface area contributed by atoms with Gasteiger partial charge in [-0.1, -0.05) is 48.0 Å². The molecule has 2 amide bonds. The second kappa shape index (κ2) is 9.19. The van der Waals surface area contributed by atoms with Gasteiger partial charge in [0, 0.05) is 44.0 Å². The van der Waals surface area contributed by atoms with Crippen molar-refractivity contribution in [2.24, 2.45) is 0 Å². The lowest BCUT2D eigenvalue weighted by Gasteiger charge is -2.34. The van der Waals surface area contributed by atoms with E-state index in [-0.39, 0.29) is 11.8 Å². The van der Waals surface area contributed by atoms with Crippen molar-refractivity contribution < 1.29 is 9.59 Å². The number of carbonyl (C=O) groups excluding carboxylic acids is 2. The van der Waals surface area contributed by atoms with Crippen molar-refractivity contribution in [2.75, 3.05) is 32.7 Å². The molecule has 0 bridgehead atoms. The molecule has 33 heavy (non-hydrogen) atoms. The van der Waals surface area contributed by atoms with Gasteiger partial charge in [-0.15, -0.1) is 0 Å². The number of hydrogen-bond donors (Lipinski definition) is 1. The summed E-state index contributed by atoms with van der Waals surface area (Å²) in [6, 6.07) is 18.3. The lowest BCUT2D eigenvalue weighted by atomic mass is 10.1. The molecule has 1 saturated carbocycles. The van der Waals surface area contributed by atoms with Gasteiger partial charge in [0.15, 0.2) is 0 Å². The van der Waals surface area contributed by atoms with Crippen LogP contribution in [0.5, 0.6) is 0 Å². The highest BCUT2D eigenvalue weighted by Gasteiger charge is 2.28. The van der Waals surface area contributed by atoms with E-state index in [1.807, 2.05) is 72.6 Å². The zero-order valence-corrected chi connectivity index (χ0v) is 18.9. The molecule has 3 aromatic rings. The minimum Gasteiger partial charge on any atom is -0.352 e. The number of nitrogens with zero attached hydrogens (tertiary/aromatic N) is 4. The summed E-state index contributed by atoms with van der Waals surface area (Å²) in [5.74, 6) is 0.0670. The Kier molecular flexibility index (Phi) is 5.96. The molecule has 2 heterocycles. The van der Waals surface area contributed by atoms with Crippen LogP contribution in [0.4, 0.5) is 0 Å². The third-order valence-electron chi connectivity index (χ3n) is 6.26. The first-order valence-electron chi connectivity index (χ1n) is 11.6. The summed E-state index contributed by atoms with van der Waals surface area (Å²) in [7, 11) is 0. The summed E-state index contributed by atoms with van der Waals surface area (Å²) in [5, 5.41) is 7.83. The third kappa shape index (κ3) is 4.98. The van der Waals surface area contributed by atoms with Crippen LogP contribution in [0.25, 0.3) is 16.9 Å². The fraction of sp³-hybridized carbons (Fsp3) is 0.346. The van der Waals surface area contributed by atoms with Crippen LogP contribution in [0, 0.1) is 6.92 Å². The highest BCUT2D eigenvalue weighted by molar-refractivity contribution is 6.00. The van der Waals surface area contributed by atoms with Crippen molar-refractivity contribution in [3.05, 3.63) is 71.9 Å². The molecule has 1 aliphatic carbocycles. The predicted octanol–water partition coefficient (Wildman–Crippen LogP) is 2.88. The molecule has 2 aliphatic rings. The van der Waals surface area contributed by atoms with E-state index in [2.05, 4.69) is 10.2 Å². The first-order chi connectivity index (χ1) is 16.1. The minimum atomic E-state index is -0.0192. The Morgan fingerprint density at radius 1 is 0.970 bits per heavy atom. The summed E-state index contributed by atoms with van der Waals surface area (Å²) >= 11 is 0. The number of nitrogens with one attached hydrogen (secondary N) is 1. The molecule has 7 nitrogen and oxygen atoms in total. The van der Waals surface area contributed by atoms with E-state index in [4.69, 9.17) is 5.10 Å². The molecule has 0 unspecified atom stereocenters. The number of benzene rings is 2. The summed E-state index contributed by atoms with van der Waals surface area (Å²) in [6.07, 6.45) is 4.02. The first-order valence-corrected chi connectivity index (χ1v) is 11.6. The number of aryl methyl sites for hydroxylation is 1. The molecule has 2 fully saturated rings. The van der Waals surface area contributed by atoms with Gasteiger partial charge in [-0.05, 0) is 31.9 Å². The number of rotatable bonds is 6. The van der Waals surface area contributed by atoms with E-state index in [0.717, 1.165) is 24.1 Å². The standard InChI is InChI=1S/C26H29N5O2/c1-19-7-11-22(12-8-19)31-17-23(25(28-31)20-5-3-2-4-6-20)26(33)30-15-13-29(14-16-30)18-24(32)27-21-9-10-21/h2-8,11-12,17,21H,9-10,13-16,18H2,1H3,(H,27,32). The van der Waals surface area contributed by atoms with Crippen LogP contribution in [-0.4, -0.2) is 70.2 Å². The molecule has 170 valence electrons. The molecule has 1 N–H and O–H groups in total. The molecule has 1 aromatic heterocycles. The maximum absolute atomic E-state index is 13.6. The van der Waals surface area contributed by atoms with Gasteiger partial charge in [0.2, 0.25) is 5.91 Å². The van der Waals surface area contributed by atoms with E-state index < -0.39 is 0 Å². The molecule has 1 aliphatic heterocycles. The van der Waals surface area contributed by atoms with Crippen molar-refractivity contribution in [1.29, 1.82) is 0 Å². The Morgan fingerprint density at radius 2 is 1.67 bits per heavy atom. The molecule has 0 atom stereocenters. The van der Waals surface area contributed by atoms with Crippen LogP contribution in [0.15, 0.2) is 60.8 Å². The summed E-state index contributed by atoms with van der Waals surface area (Å²) in [5.41, 5.74) is 4.30. The van der Waals surface area contributed by atoms with E-state index in [1.54, 1.807) is 4.68 Å². The zero-order chi connectivity index (χ0) is 22.8. The quantitative estimate of drug-likeness (QED) is 0.636. The Balaban J connectivity index is 1.33. The SMILES string of the molecule is Cc1ccc(-n2cc(C(=O)N3CCN(CC(=O)NC4CC4)CC3)c(-c3ccccc3)n2)cc1. The monoisotopic (exact) mass is 443 g/mol. The normalized spacial score (nSPS) is 16.6. The summed E-state index contributed by atoms with van der Waals surface area (Å²) in [4.78, 5) is 29.7. The van der Waals surface area contributed by atoms with Crippen LogP contribution < -0.4 is 5.32 Å². The van der Waals surface area contributed by atoms with Crippen LogP contribution in [0.1, 0.15) is 28.8 Å². The Morgan fingerprint density at radius 3 is 2.33 bits per heavy atom. The van der Waals surface area contributed by atoms with Crippen LogP contribution in [0.2, 0.25) is 0 Å². The van der Waals surface area contributed by atoms with Crippen molar-refractivity contribution in [3.63, 3.8) is 0 Å². The van der Waals surface area contributed by atoms with Crippen molar-refractivity contribution in [2.45, 2.75) is 25.8 Å². The molecule has 7 heteroatoms. The highest BCUT2D eigenvalue weighted by atomic mass is 16.2. The van der Waals surface area contributed by atoms with E-state index in [9.17, 15) is 9.59 Å². The lowest BCUT2D eigenvalue weighted by Crippen LogP contribution is -2.51. The van der Waals surface area contributed by atoms with Crippen molar-refractivity contribution in [3.8, 4) is 16.9 Å². The minimum absolute atomic E-state index is 0.0192. The molecule has 2 aromatic carbocycles. The fourth-order valence-electron chi connectivity index (χ4n) is 4.15. The molecule has 5 rings (SSSR count). The second-order valence-electron chi connectivity index (χ2n) is 8.95. The smallest absolute Gasteiger partial charge is 0.257 e. The van der Waals surface area contributed by atoms with Gasteiger partial charge in [0.1, 0.15) is 5.69 Å². The lowest BCUT2D eigenvalue weighted by molar-refractivity contribution is -0.122. The van der Waals surface area contributed by atoms with Gasteiger partial charge in [0.05, 0.1) is 17.8 Å². The van der Waals surface area contributed by atoms with Gasteiger partial charge in [0.25, 0.3) is 5.91 Å². The summed E-state index contributed by atoms with van der Waals surface area (Å²) in [6.45, 7) is 5.03. The van der Waals surface area contributed by atoms with E-state index in [0.29, 0.717) is 50.0 Å². The maximum atomic E-state index is 13.6. The van der Waals surface area contributed by atoms with Gasteiger partial charge < -0.3 is 10.2 Å². The fourth-order valence-corrected chi connectivity index (χ4v) is 4.15.